The molecule has 3 aromatic carbocycles. The molecule has 0 aliphatic heterocycles. The van der Waals surface area contributed by atoms with Crippen LogP contribution in [0.1, 0.15) is 55.9 Å². The van der Waals surface area contributed by atoms with Gasteiger partial charge in [-0.2, -0.15) is 0 Å². The highest BCUT2D eigenvalue weighted by molar-refractivity contribution is 7.92. The van der Waals surface area contributed by atoms with Crippen LogP contribution in [0.4, 0.5) is 5.69 Å². The Morgan fingerprint density at radius 2 is 1.53 bits per heavy atom. The van der Waals surface area contributed by atoms with Gasteiger partial charge in [0.2, 0.25) is 21.8 Å². The molecule has 0 aliphatic carbocycles. The van der Waals surface area contributed by atoms with E-state index < -0.39 is 21.6 Å². The zero-order valence-electron chi connectivity index (χ0n) is 26.4. The molecule has 9 heteroatoms. The average Bonchev–Trinajstić information content (AvgIpc) is 2.91. The Morgan fingerprint density at radius 3 is 2.12 bits per heavy atom. The number of hydrogen-bond donors (Lipinski definition) is 1. The molecule has 3 aromatic rings. The maximum absolute atomic E-state index is 14.0. The third-order valence-electron chi connectivity index (χ3n) is 6.90. The van der Waals surface area contributed by atoms with Crippen molar-refractivity contribution in [2.75, 3.05) is 24.2 Å². The Balaban J connectivity index is 1.93. The van der Waals surface area contributed by atoms with Crippen LogP contribution in [-0.4, -0.2) is 56.6 Å². The molecule has 0 fully saturated rings. The molecular weight excluding hydrogens is 562 g/mol. The lowest BCUT2D eigenvalue weighted by Gasteiger charge is -2.34. The molecule has 3 rings (SSSR count). The first-order chi connectivity index (χ1) is 20.2. The number of carbonyl (C=O) groups excluding carboxylic acids is 2. The average molecular weight is 608 g/mol. The Kier molecular flexibility index (Phi) is 11.4. The first-order valence-corrected chi connectivity index (χ1v) is 16.4. The van der Waals surface area contributed by atoms with Gasteiger partial charge in [0, 0.05) is 31.5 Å². The second kappa shape index (κ2) is 14.6. The van der Waals surface area contributed by atoms with E-state index in [0.717, 1.165) is 22.3 Å². The maximum Gasteiger partial charge on any atom is 0.243 e. The van der Waals surface area contributed by atoms with E-state index in [1.165, 1.54) is 10.6 Å². The molecule has 1 N–H and O–H groups in total. The third kappa shape index (κ3) is 10.4. The van der Waals surface area contributed by atoms with Gasteiger partial charge in [0.1, 0.15) is 11.8 Å². The van der Waals surface area contributed by atoms with E-state index in [1.54, 1.807) is 12.0 Å². The third-order valence-corrected chi connectivity index (χ3v) is 8.10. The highest BCUT2D eigenvalue weighted by atomic mass is 32.2. The predicted molar refractivity (Wildman–Crippen MR) is 173 cm³/mol. The normalized spacial score (nSPS) is 12.3. The highest BCUT2D eigenvalue weighted by Gasteiger charge is 2.32. The number of rotatable bonds is 13. The first-order valence-electron chi connectivity index (χ1n) is 14.5. The summed E-state index contributed by atoms with van der Waals surface area (Å²) >= 11 is 0. The van der Waals surface area contributed by atoms with Crippen LogP contribution in [0.5, 0.6) is 5.75 Å². The number of anilines is 1. The number of nitrogens with one attached hydrogen (secondary N) is 1. The number of carbonyl (C=O) groups is 2. The standard InChI is InChI=1S/C34H45N3O5S/c1-25-19-26(2)21-29(20-25)37(43(7,40)41)18-12-17-32(38)36(24-28-15-11-16-30(22-28)42-6)31(33(39)35-34(3,4)5)23-27-13-9-8-10-14-27/h8-11,13-16,19-22,31H,12,17-18,23-24H2,1-7H3,(H,35,39)/t31-/m0/s1. The molecule has 0 bridgehead atoms. The first kappa shape index (κ1) is 33.6. The lowest BCUT2D eigenvalue weighted by molar-refractivity contribution is -0.142. The molecule has 0 unspecified atom stereocenters. The molecule has 43 heavy (non-hydrogen) atoms. The number of hydrogen-bond acceptors (Lipinski definition) is 5. The number of aryl methyl sites for hydroxylation is 2. The molecule has 0 aliphatic rings. The maximum atomic E-state index is 14.0. The van der Waals surface area contributed by atoms with E-state index in [4.69, 9.17) is 4.74 Å². The summed E-state index contributed by atoms with van der Waals surface area (Å²) in [6, 6.07) is 21.9. The summed E-state index contributed by atoms with van der Waals surface area (Å²) in [5.74, 6) is 0.170. The topological polar surface area (TPSA) is 96.0 Å². The van der Waals surface area contributed by atoms with Gasteiger partial charge in [-0.15, -0.1) is 0 Å². The molecule has 2 amide bonds. The number of ether oxygens (including phenoxy) is 1. The van der Waals surface area contributed by atoms with Crippen molar-refractivity contribution in [3.05, 3.63) is 95.1 Å². The van der Waals surface area contributed by atoms with Crippen LogP contribution in [-0.2, 0) is 32.6 Å². The summed E-state index contributed by atoms with van der Waals surface area (Å²) in [7, 11) is -2.00. The zero-order valence-corrected chi connectivity index (χ0v) is 27.2. The van der Waals surface area contributed by atoms with Crippen LogP contribution >= 0.6 is 0 Å². The molecule has 1 atom stereocenters. The van der Waals surface area contributed by atoms with Gasteiger partial charge in [0.15, 0.2) is 0 Å². The SMILES string of the molecule is COc1cccc(CN(C(=O)CCCN(c2cc(C)cc(C)c2)S(C)(=O)=O)[C@@H](Cc2ccccc2)C(=O)NC(C)(C)C)c1. The summed E-state index contributed by atoms with van der Waals surface area (Å²) in [4.78, 5) is 29.4. The number of amides is 2. The van der Waals surface area contributed by atoms with Gasteiger partial charge >= 0.3 is 0 Å². The van der Waals surface area contributed by atoms with Crippen LogP contribution in [0.3, 0.4) is 0 Å². The second-order valence-electron chi connectivity index (χ2n) is 12.1. The number of benzene rings is 3. The second-order valence-corrected chi connectivity index (χ2v) is 14.0. The van der Waals surface area contributed by atoms with Crippen molar-refractivity contribution >= 4 is 27.5 Å². The van der Waals surface area contributed by atoms with Crippen LogP contribution in [0.2, 0.25) is 0 Å². The van der Waals surface area contributed by atoms with E-state index in [9.17, 15) is 18.0 Å². The lowest BCUT2D eigenvalue weighted by atomic mass is 10.00. The van der Waals surface area contributed by atoms with Crippen LogP contribution < -0.4 is 14.4 Å². The van der Waals surface area contributed by atoms with Crippen molar-refractivity contribution in [2.45, 2.75) is 72.0 Å². The predicted octanol–water partition coefficient (Wildman–Crippen LogP) is 5.41. The highest BCUT2D eigenvalue weighted by Crippen LogP contribution is 2.23. The minimum atomic E-state index is -3.59. The summed E-state index contributed by atoms with van der Waals surface area (Å²) < 4.78 is 32.3. The molecule has 0 heterocycles. The van der Waals surface area contributed by atoms with E-state index in [0.29, 0.717) is 17.9 Å². The van der Waals surface area contributed by atoms with E-state index >= 15 is 0 Å². The summed E-state index contributed by atoms with van der Waals surface area (Å²) in [5.41, 5.74) is 3.74. The van der Waals surface area contributed by atoms with Gasteiger partial charge < -0.3 is 15.0 Å². The Hall–Kier alpha value is -3.85. The molecule has 0 saturated carbocycles. The summed E-state index contributed by atoms with van der Waals surface area (Å²) in [5, 5.41) is 3.06. The molecule has 0 saturated heterocycles. The van der Waals surface area contributed by atoms with E-state index in [2.05, 4.69) is 5.32 Å². The fraction of sp³-hybridized carbons (Fsp3) is 0.412. The Bertz CT molecular complexity index is 1480. The van der Waals surface area contributed by atoms with Gasteiger partial charge in [-0.1, -0.05) is 48.5 Å². The summed E-state index contributed by atoms with van der Waals surface area (Å²) in [6.07, 6.45) is 1.85. The number of methoxy groups -OCH3 is 1. The molecular formula is C34H45N3O5S. The molecule has 0 radical (unpaired) electrons. The molecule has 8 nitrogen and oxygen atoms in total. The van der Waals surface area contributed by atoms with Crippen LogP contribution in [0.25, 0.3) is 0 Å². The quantitative estimate of drug-likeness (QED) is 0.280. The zero-order chi connectivity index (χ0) is 31.8. The van der Waals surface area contributed by atoms with Gasteiger partial charge in [0.25, 0.3) is 0 Å². The monoisotopic (exact) mass is 607 g/mol. The van der Waals surface area contributed by atoms with Crippen LogP contribution in [0, 0.1) is 13.8 Å². The molecule has 0 spiro atoms. The van der Waals surface area contributed by atoms with Gasteiger partial charge in [-0.3, -0.25) is 13.9 Å². The van der Waals surface area contributed by atoms with Crippen molar-refractivity contribution in [3.63, 3.8) is 0 Å². The van der Waals surface area contributed by atoms with Crippen LogP contribution in [0.15, 0.2) is 72.8 Å². The smallest absolute Gasteiger partial charge is 0.243 e. The molecule has 0 aromatic heterocycles. The van der Waals surface area contributed by atoms with Gasteiger partial charge in [-0.25, -0.2) is 8.42 Å². The number of sulfonamides is 1. The minimum absolute atomic E-state index is 0.0644. The fourth-order valence-corrected chi connectivity index (χ4v) is 6.02. The van der Waals surface area contributed by atoms with E-state index in [-0.39, 0.29) is 37.7 Å². The molecule has 232 valence electrons. The van der Waals surface area contributed by atoms with Crippen molar-refractivity contribution in [1.29, 1.82) is 0 Å². The van der Waals surface area contributed by atoms with Crippen molar-refractivity contribution in [2.24, 2.45) is 0 Å². The largest absolute Gasteiger partial charge is 0.497 e. The van der Waals surface area contributed by atoms with E-state index in [1.807, 2.05) is 107 Å². The fourth-order valence-electron chi connectivity index (χ4n) is 5.07. The Morgan fingerprint density at radius 1 is 0.907 bits per heavy atom. The van der Waals surface area contributed by atoms with Crippen molar-refractivity contribution in [3.8, 4) is 5.75 Å². The van der Waals surface area contributed by atoms with Crippen molar-refractivity contribution in [1.82, 2.24) is 10.2 Å². The summed E-state index contributed by atoms with van der Waals surface area (Å²) in [6.45, 7) is 9.90. The lowest BCUT2D eigenvalue weighted by Crippen LogP contribution is -2.54. The minimum Gasteiger partial charge on any atom is -0.497 e. The Labute approximate surface area is 257 Å². The van der Waals surface area contributed by atoms with Gasteiger partial charge in [-0.05, 0) is 87.6 Å². The van der Waals surface area contributed by atoms with Gasteiger partial charge in [0.05, 0.1) is 19.1 Å². The number of nitrogens with zero attached hydrogens (tertiary/aromatic N) is 2. The van der Waals surface area contributed by atoms with Crippen molar-refractivity contribution < 1.29 is 22.7 Å².